The van der Waals surface area contributed by atoms with E-state index in [1.807, 2.05) is 36.4 Å². The fraction of sp³-hybridized carbons (Fsp3) is 0.211. The van der Waals surface area contributed by atoms with Crippen LogP contribution in [-0.4, -0.2) is 32.1 Å². The summed E-state index contributed by atoms with van der Waals surface area (Å²) in [5.74, 6) is -1.28. The fourth-order valence-electron chi connectivity index (χ4n) is 3.40. The maximum absolute atomic E-state index is 13.1. The van der Waals surface area contributed by atoms with Crippen LogP contribution in [0.3, 0.4) is 0 Å². The molecule has 136 valence electrons. The summed E-state index contributed by atoms with van der Waals surface area (Å²) in [6, 6.07) is 11.2. The number of hydrogen-bond donors (Lipinski definition) is 3. The van der Waals surface area contributed by atoms with Gasteiger partial charge in [0.2, 0.25) is 0 Å². The lowest BCUT2D eigenvalue weighted by Gasteiger charge is -2.35. The number of halogens is 2. The van der Waals surface area contributed by atoms with Crippen molar-refractivity contribution in [3.05, 3.63) is 48.8 Å². The second-order valence-corrected chi connectivity index (χ2v) is 6.80. The first-order valence-corrected chi connectivity index (χ1v) is 8.67. The molecule has 1 saturated carbocycles. The lowest BCUT2D eigenvalue weighted by atomic mass is 9.88. The summed E-state index contributed by atoms with van der Waals surface area (Å²) in [5, 5.41) is 15.4. The molecule has 3 aromatic heterocycles. The molecule has 0 bridgehead atoms. The number of fused-ring (bicyclic) bond motifs is 2. The van der Waals surface area contributed by atoms with Gasteiger partial charge in [-0.1, -0.05) is 0 Å². The van der Waals surface area contributed by atoms with Gasteiger partial charge in [-0.05, 0) is 41.8 Å². The van der Waals surface area contributed by atoms with E-state index in [-0.39, 0.29) is 18.9 Å². The van der Waals surface area contributed by atoms with Gasteiger partial charge in [-0.25, -0.2) is 13.8 Å². The van der Waals surface area contributed by atoms with Crippen molar-refractivity contribution in [1.82, 2.24) is 20.2 Å². The van der Waals surface area contributed by atoms with Crippen molar-refractivity contribution in [3.8, 4) is 0 Å². The van der Waals surface area contributed by atoms with Gasteiger partial charge in [0.25, 0.3) is 5.92 Å². The standard InChI is InChI=1S/C19H16F2N6/c20-19(21)9-13(10-19)25-17-14-4-3-12(8-11(14)5-7-23-17)24-18-16-15(26-27-18)2-1-6-22-16/h1-8,13H,9-10H2,(H,23,25)(H2,24,26,27). The van der Waals surface area contributed by atoms with Crippen LogP contribution in [0.25, 0.3) is 21.8 Å². The third-order valence-corrected chi connectivity index (χ3v) is 4.78. The zero-order chi connectivity index (χ0) is 18.4. The van der Waals surface area contributed by atoms with Crippen molar-refractivity contribution in [2.45, 2.75) is 24.8 Å². The smallest absolute Gasteiger partial charge is 0.252 e. The Morgan fingerprint density at radius 3 is 2.78 bits per heavy atom. The Balaban J connectivity index is 1.42. The first kappa shape index (κ1) is 15.9. The van der Waals surface area contributed by atoms with E-state index in [1.165, 1.54) is 0 Å². The number of aromatic nitrogens is 4. The van der Waals surface area contributed by atoms with Crippen LogP contribution in [0.2, 0.25) is 0 Å². The van der Waals surface area contributed by atoms with Crippen LogP contribution >= 0.6 is 0 Å². The zero-order valence-corrected chi connectivity index (χ0v) is 14.2. The quantitative estimate of drug-likeness (QED) is 0.497. The van der Waals surface area contributed by atoms with E-state index in [4.69, 9.17) is 0 Å². The number of H-pyrrole nitrogens is 1. The van der Waals surface area contributed by atoms with E-state index in [9.17, 15) is 8.78 Å². The monoisotopic (exact) mass is 366 g/mol. The highest BCUT2D eigenvalue weighted by Crippen LogP contribution is 2.39. The van der Waals surface area contributed by atoms with Gasteiger partial charge in [0, 0.05) is 42.4 Å². The summed E-state index contributed by atoms with van der Waals surface area (Å²) in [5.41, 5.74) is 2.48. The van der Waals surface area contributed by atoms with E-state index < -0.39 is 5.92 Å². The van der Waals surface area contributed by atoms with E-state index in [1.54, 1.807) is 12.4 Å². The number of hydrogen-bond acceptors (Lipinski definition) is 5. The topological polar surface area (TPSA) is 78.5 Å². The summed E-state index contributed by atoms with van der Waals surface area (Å²) >= 11 is 0. The Labute approximate surface area is 153 Å². The van der Waals surface area contributed by atoms with Crippen LogP contribution in [-0.2, 0) is 0 Å². The molecule has 0 atom stereocenters. The molecular formula is C19H16F2N6. The maximum Gasteiger partial charge on any atom is 0.252 e. The molecule has 3 heterocycles. The third kappa shape index (κ3) is 2.92. The average molecular weight is 366 g/mol. The predicted molar refractivity (Wildman–Crippen MR) is 101 cm³/mol. The largest absolute Gasteiger partial charge is 0.366 e. The lowest BCUT2D eigenvalue weighted by Crippen LogP contribution is -2.44. The summed E-state index contributed by atoms with van der Waals surface area (Å²) < 4.78 is 26.1. The van der Waals surface area contributed by atoms with Gasteiger partial charge in [0.05, 0.1) is 5.52 Å². The fourth-order valence-corrected chi connectivity index (χ4v) is 3.40. The van der Waals surface area contributed by atoms with E-state index in [0.717, 1.165) is 27.5 Å². The highest BCUT2D eigenvalue weighted by Gasteiger charge is 2.45. The van der Waals surface area contributed by atoms with Crippen LogP contribution in [0.5, 0.6) is 0 Å². The molecule has 0 amide bonds. The number of anilines is 3. The minimum absolute atomic E-state index is 0.149. The summed E-state index contributed by atoms with van der Waals surface area (Å²) in [6.45, 7) is 0. The average Bonchev–Trinajstić information content (AvgIpc) is 3.03. The Hall–Kier alpha value is -3.29. The van der Waals surface area contributed by atoms with Crippen LogP contribution in [0.1, 0.15) is 12.8 Å². The van der Waals surface area contributed by atoms with Gasteiger partial charge in [-0.15, -0.1) is 0 Å². The van der Waals surface area contributed by atoms with E-state index in [0.29, 0.717) is 11.6 Å². The molecule has 1 aliphatic carbocycles. The summed E-state index contributed by atoms with van der Waals surface area (Å²) in [6.07, 6.45) is 3.10. The van der Waals surface area contributed by atoms with Crippen LogP contribution < -0.4 is 10.6 Å². The van der Waals surface area contributed by atoms with Crippen LogP contribution in [0, 0.1) is 0 Å². The molecule has 6 nitrogen and oxygen atoms in total. The second kappa shape index (κ2) is 5.87. The number of nitrogens with zero attached hydrogens (tertiary/aromatic N) is 3. The Morgan fingerprint density at radius 1 is 1.04 bits per heavy atom. The number of pyridine rings is 2. The molecule has 4 aromatic rings. The van der Waals surface area contributed by atoms with E-state index >= 15 is 0 Å². The van der Waals surface area contributed by atoms with E-state index in [2.05, 4.69) is 30.8 Å². The minimum Gasteiger partial charge on any atom is -0.366 e. The molecule has 27 heavy (non-hydrogen) atoms. The summed E-state index contributed by atoms with van der Waals surface area (Å²) in [7, 11) is 0. The van der Waals surface area contributed by atoms with Gasteiger partial charge in [-0.3, -0.25) is 10.1 Å². The Bertz CT molecular complexity index is 1130. The van der Waals surface area contributed by atoms with Crippen molar-refractivity contribution in [2.75, 3.05) is 10.6 Å². The van der Waals surface area contributed by atoms with Crippen molar-refractivity contribution in [3.63, 3.8) is 0 Å². The third-order valence-electron chi connectivity index (χ3n) is 4.78. The van der Waals surface area contributed by atoms with Crippen molar-refractivity contribution >= 4 is 39.1 Å². The summed E-state index contributed by atoms with van der Waals surface area (Å²) in [4.78, 5) is 8.66. The molecule has 3 N–H and O–H groups in total. The SMILES string of the molecule is FC1(F)CC(Nc2nccc3cc(Nc4n[nH]c5cccnc45)ccc23)C1. The number of aromatic amines is 1. The molecule has 0 spiro atoms. The van der Waals surface area contributed by atoms with Crippen molar-refractivity contribution < 1.29 is 8.78 Å². The molecule has 0 aliphatic heterocycles. The maximum atomic E-state index is 13.1. The number of nitrogens with one attached hydrogen (secondary N) is 3. The molecule has 0 unspecified atom stereocenters. The molecule has 1 aliphatic rings. The van der Waals surface area contributed by atoms with Gasteiger partial charge >= 0.3 is 0 Å². The zero-order valence-electron chi connectivity index (χ0n) is 14.2. The first-order valence-electron chi connectivity index (χ1n) is 8.67. The molecular weight excluding hydrogens is 350 g/mol. The minimum atomic E-state index is -2.56. The lowest BCUT2D eigenvalue weighted by molar-refractivity contribution is -0.0793. The Morgan fingerprint density at radius 2 is 1.93 bits per heavy atom. The first-order chi connectivity index (χ1) is 13.1. The molecule has 5 rings (SSSR count). The van der Waals surface area contributed by atoms with Gasteiger partial charge in [0.15, 0.2) is 5.82 Å². The molecule has 0 radical (unpaired) electrons. The molecule has 8 heteroatoms. The van der Waals surface area contributed by atoms with Crippen molar-refractivity contribution in [2.24, 2.45) is 0 Å². The molecule has 1 fully saturated rings. The number of rotatable bonds is 4. The molecule has 0 saturated heterocycles. The number of benzene rings is 1. The predicted octanol–water partition coefficient (Wildman–Crippen LogP) is 4.46. The normalized spacial score (nSPS) is 16.4. The number of alkyl halides is 2. The van der Waals surface area contributed by atoms with Crippen LogP contribution in [0.15, 0.2) is 48.8 Å². The van der Waals surface area contributed by atoms with Gasteiger partial charge < -0.3 is 10.6 Å². The molecule has 1 aromatic carbocycles. The van der Waals surface area contributed by atoms with Gasteiger partial charge in [0.1, 0.15) is 11.3 Å². The Kier molecular flexibility index (Phi) is 3.46. The highest BCUT2D eigenvalue weighted by atomic mass is 19.3. The van der Waals surface area contributed by atoms with Crippen LogP contribution in [0.4, 0.5) is 26.1 Å². The van der Waals surface area contributed by atoms with Gasteiger partial charge in [-0.2, -0.15) is 5.10 Å². The van der Waals surface area contributed by atoms with Crippen molar-refractivity contribution in [1.29, 1.82) is 0 Å². The second-order valence-electron chi connectivity index (χ2n) is 6.80. The highest BCUT2D eigenvalue weighted by molar-refractivity contribution is 5.95.